The summed E-state index contributed by atoms with van der Waals surface area (Å²) < 4.78 is 0. The molecule has 2 nitrogen and oxygen atoms in total. The lowest BCUT2D eigenvalue weighted by Crippen LogP contribution is -2.48. The molecule has 0 N–H and O–H groups in total. The Morgan fingerprint density at radius 2 is 2.00 bits per heavy atom. The van der Waals surface area contributed by atoms with Gasteiger partial charge in [0.25, 0.3) is 0 Å². The first kappa shape index (κ1) is 10.7. The van der Waals surface area contributed by atoms with Crippen molar-refractivity contribution in [1.29, 1.82) is 0 Å². The molecule has 0 aliphatic heterocycles. The fraction of sp³-hybridized carbons (Fsp3) is 0.800. The van der Waals surface area contributed by atoms with Gasteiger partial charge in [0, 0.05) is 12.3 Å². The van der Waals surface area contributed by atoms with E-state index in [1.54, 1.807) is 6.92 Å². The fourth-order valence-corrected chi connectivity index (χ4v) is 2.43. The Balaban J connectivity index is 2.59. The highest BCUT2D eigenvalue weighted by molar-refractivity contribution is 6.63. The van der Waals surface area contributed by atoms with E-state index in [0.717, 1.165) is 6.42 Å². The van der Waals surface area contributed by atoms with Gasteiger partial charge in [0.15, 0.2) is 0 Å². The van der Waals surface area contributed by atoms with Gasteiger partial charge in [-0.15, -0.1) is 0 Å². The van der Waals surface area contributed by atoms with Crippen molar-refractivity contribution in [1.82, 2.24) is 0 Å². The molecule has 1 aliphatic carbocycles. The smallest absolute Gasteiger partial charge is 0.221 e. The monoisotopic (exact) mass is 202 g/mol. The van der Waals surface area contributed by atoms with Gasteiger partial charge in [-0.05, 0) is 36.3 Å². The predicted molar refractivity (Wildman–Crippen MR) is 51.5 cm³/mol. The van der Waals surface area contributed by atoms with Crippen LogP contribution in [0.1, 0.15) is 33.6 Å². The van der Waals surface area contributed by atoms with Crippen LogP contribution < -0.4 is 0 Å². The predicted octanol–water partition coefficient (Wildman–Crippen LogP) is 2.39. The molecular weight excluding hydrogens is 188 g/mol. The van der Waals surface area contributed by atoms with Gasteiger partial charge in [0.05, 0.1) is 0 Å². The maximum atomic E-state index is 11.2. The second-order valence-electron chi connectivity index (χ2n) is 4.48. The van der Waals surface area contributed by atoms with Crippen LogP contribution in [0, 0.1) is 17.3 Å². The highest BCUT2D eigenvalue weighted by Crippen LogP contribution is 2.53. The van der Waals surface area contributed by atoms with Crippen LogP contribution in [0.3, 0.4) is 0 Å². The van der Waals surface area contributed by atoms with Gasteiger partial charge in [-0.25, -0.2) is 0 Å². The first-order valence-corrected chi connectivity index (χ1v) is 4.92. The SMILES string of the molecule is CC(=O)C1CC(CC(=O)Cl)C1(C)C. The standard InChI is InChI=1S/C10H15ClO2/c1-6(12)8-4-7(5-9(11)13)10(8,2)3/h7-8H,4-5H2,1-3H3. The largest absolute Gasteiger partial charge is 0.300 e. The third kappa shape index (κ3) is 1.93. The molecule has 0 aromatic rings. The molecule has 0 radical (unpaired) electrons. The van der Waals surface area contributed by atoms with Crippen molar-refractivity contribution in [2.75, 3.05) is 0 Å². The lowest BCUT2D eigenvalue weighted by Gasteiger charge is -2.50. The number of hydrogen-bond donors (Lipinski definition) is 0. The average molecular weight is 203 g/mol. The number of hydrogen-bond acceptors (Lipinski definition) is 2. The molecule has 3 heteroatoms. The van der Waals surface area contributed by atoms with Gasteiger partial charge in [-0.2, -0.15) is 0 Å². The molecule has 0 bridgehead atoms. The van der Waals surface area contributed by atoms with E-state index in [1.165, 1.54) is 0 Å². The summed E-state index contributed by atoms with van der Waals surface area (Å²) in [4.78, 5) is 21.8. The second-order valence-corrected chi connectivity index (χ2v) is 4.90. The Bertz CT molecular complexity index is 245. The van der Waals surface area contributed by atoms with Crippen molar-refractivity contribution in [2.45, 2.75) is 33.6 Å². The summed E-state index contributed by atoms with van der Waals surface area (Å²) in [6.45, 7) is 5.69. The van der Waals surface area contributed by atoms with Crippen LogP contribution in [0.4, 0.5) is 0 Å². The van der Waals surface area contributed by atoms with Crippen molar-refractivity contribution in [3.05, 3.63) is 0 Å². The maximum absolute atomic E-state index is 11.2. The summed E-state index contributed by atoms with van der Waals surface area (Å²) >= 11 is 5.32. The Hall–Kier alpha value is -0.370. The van der Waals surface area contributed by atoms with Gasteiger partial charge in [0.2, 0.25) is 5.24 Å². The van der Waals surface area contributed by atoms with Crippen LogP contribution in [0.15, 0.2) is 0 Å². The minimum atomic E-state index is -0.292. The lowest BCUT2D eigenvalue weighted by atomic mass is 9.53. The van der Waals surface area contributed by atoms with Crippen molar-refractivity contribution in [3.63, 3.8) is 0 Å². The van der Waals surface area contributed by atoms with E-state index < -0.39 is 0 Å². The quantitative estimate of drug-likeness (QED) is 0.659. The fourth-order valence-electron chi connectivity index (χ4n) is 2.25. The summed E-state index contributed by atoms with van der Waals surface area (Å²) in [5.41, 5.74) is -0.0453. The van der Waals surface area contributed by atoms with E-state index in [1.807, 2.05) is 13.8 Å². The Morgan fingerprint density at radius 3 is 2.31 bits per heavy atom. The minimum Gasteiger partial charge on any atom is -0.300 e. The molecule has 13 heavy (non-hydrogen) atoms. The normalized spacial score (nSPS) is 30.8. The Kier molecular flexibility index (Phi) is 2.81. The lowest BCUT2D eigenvalue weighted by molar-refractivity contribution is -0.138. The number of Topliss-reactive ketones (excluding diaryl/α,β-unsaturated/α-hetero) is 1. The van der Waals surface area contributed by atoms with E-state index in [4.69, 9.17) is 11.6 Å². The van der Waals surface area contributed by atoms with E-state index in [9.17, 15) is 9.59 Å². The minimum absolute atomic E-state index is 0.0453. The third-order valence-corrected chi connectivity index (χ3v) is 3.52. The van der Waals surface area contributed by atoms with Crippen LogP contribution >= 0.6 is 11.6 Å². The van der Waals surface area contributed by atoms with Crippen LogP contribution in [0.25, 0.3) is 0 Å². The number of carbonyl (C=O) groups excluding carboxylic acids is 2. The molecule has 0 saturated heterocycles. The van der Waals surface area contributed by atoms with Gasteiger partial charge < -0.3 is 0 Å². The van der Waals surface area contributed by atoms with Gasteiger partial charge >= 0.3 is 0 Å². The zero-order valence-electron chi connectivity index (χ0n) is 8.26. The van der Waals surface area contributed by atoms with Crippen molar-refractivity contribution in [2.24, 2.45) is 17.3 Å². The second kappa shape index (κ2) is 3.41. The molecule has 1 fully saturated rings. The van der Waals surface area contributed by atoms with Gasteiger partial charge in [0.1, 0.15) is 5.78 Å². The molecule has 0 amide bonds. The molecule has 1 saturated carbocycles. The maximum Gasteiger partial charge on any atom is 0.221 e. The highest BCUT2D eigenvalue weighted by Gasteiger charge is 2.50. The molecule has 0 spiro atoms. The molecule has 1 rings (SSSR count). The van der Waals surface area contributed by atoms with E-state index >= 15 is 0 Å². The van der Waals surface area contributed by atoms with Crippen molar-refractivity contribution >= 4 is 22.6 Å². The molecule has 0 heterocycles. The van der Waals surface area contributed by atoms with E-state index in [2.05, 4.69) is 0 Å². The Morgan fingerprint density at radius 1 is 1.46 bits per heavy atom. The van der Waals surface area contributed by atoms with Crippen molar-refractivity contribution < 1.29 is 9.59 Å². The van der Waals surface area contributed by atoms with Gasteiger partial charge in [-0.1, -0.05) is 13.8 Å². The molecular formula is C10H15ClO2. The summed E-state index contributed by atoms with van der Waals surface area (Å²) in [6, 6.07) is 0. The highest BCUT2D eigenvalue weighted by atomic mass is 35.5. The number of carbonyl (C=O) groups is 2. The summed E-state index contributed by atoms with van der Waals surface area (Å²) in [5.74, 6) is 0.628. The first-order valence-electron chi connectivity index (χ1n) is 4.54. The van der Waals surface area contributed by atoms with E-state index in [-0.39, 0.29) is 28.3 Å². The summed E-state index contributed by atoms with van der Waals surface area (Å²) in [7, 11) is 0. The summed E-state index contributed by atoms with van der Waals surface area (Å²) in [6.07, 6.45) is 1.22. The Labute approximate surface area is 83.6 Å². The molecule has 0 aromatic carbocycles. The number of ketones is 1. The van der Waals surface area contributed by atoms with Crippen LogP contribution in [-0.4, -0.2) is 11.0 Å². The average Bonchev–Trinajstić information content (AvgIpc) is 1.96. The van der Waals surface area contributed by atoms with E-state index in [0.29, 0.717) is 6.42 Å². The zero-order valence-corrected chi connectivity index (χ0v) is 9.02. The first-order chi connectivity index (χ1) is 5.85. The molecule has 0 aromatic heterocycles. The van der Waals surface area contributed by atoms with Crippen LogP contribution in [0.5, 0.6) is 0 Å². The topological polar surface area (TPSA) is 34.1 Å². The third-order valence-electron chi connectivity index (χ3n) is 3.37. The summed E-state index contributed by atoms with van der Waals surface area (Å²) in [5, 5.41) is -0.292. The van der Waals surface area contributed by atoms with Crippen molar-refractivity contribution in [3.8, 4) is 0 Å². The molecule has 2 atom stereocenters. The van der Waals surface area contributed by atoms with Gasteiger partial charge in [-0.3, -0.25) is 9.59 Å². The molecule has 2 unspecified atom stereocenters. The molecule has 1 aliphatic rings. The molecule has 74 valence electrons. The zero-order chi connectivity index (χ0) is 10.2. The number of halogens is 1. The van der Waals surface area contributed by atoms with Crippen LogP contribution in [0.2, 0.25) is 0 Å². The number of rotatable bonds is 3. The van der Waals surface area contributed by atoms with Crippen LogP contribution in [-0.2, 0) is 9.59 Å².